The number of hydrogen-bond acceptors (Lipinski definition) is 9. The molecule has 3 aromatic rings. The second-order valence-corrected chi connectivity index (χ2v) is 11.5. The monoisotopic (exact) mass is 524 g/mol. The fourth-order valence-electron chi connectivity index (χ4n) is 5.32. The molecule has 10 nitrogen and oxygen atoms in total. The Kier molecular flexibility index (Phi) is 6.87. The van der Waals surface area contributed by atoms with Gasteiger partial charge in [0.2, 0.25) is 5.91 Å². The van der Waals surface area contributed by atoms with Gasteiger partial charge < -0.3 is 15.1 Å². The number of likely N-dealkylation sites (tertiary alicyclic amines) is 1. The molecule has 1 fully saturated rings. The molecule has 2 aliphatic rings. The number of carbonyl (C=O) groups is 2. The molecule has 0 spiro atoms. The third-order valence-electron chi connectivity index (χ3n) is 7.07. The van der Waals surface area contributed by atoms with Crippen molar-refractivity contribution in [2.75, 3.05) is 33.7 Å². The molecule has 188 valence electrons. The van der Waals surface area contributed by atoms with E-state index in [1.807, 2.05) is 6.07 Å². The molecule has 5 rings (SSSR count). The maximum absolute atomic E-state index is 12.9. The van der Waals surface area contributed by atoms with E-state index >= 15 is 0 Å². The minimum atomic E-state index is -0.700. The summed E-state index contributed by atoms with van der Waals surface area (Å²) in [7, 11) is 3.52. The Labute approximate surface area is 217 Å². The van der Waals surface area contributed by atoms with Crippen LogP contribution in [-0.4, -0.2) is 82.0 Å². The van der Waals surface area contributed by atoms with Crippen LogP contribution in [0.2, 0.25) is 0 Å². The van der Waals surface area contributed by atoms with E-state index in [1.165, 1.54) is 16.2 Å². The number of H-pyrrole nitrogens is 1. The normalized spacial score (nSPS) is 20.9. The Hall–Kier alpha value is -3.14. The van der Waals surface area contributed by atoms with Gasteiger partial charge in [0.25, 0.3) is 5.91 Å². The minimum absolute atomic E-state index is 0.0259. The van der Waals surface area contributed by atoms with Gasteiger partial charge >= 0.3 is 0 Å². The second kappa shape index (κ2) is 10.1. The van der Waals surface area contributed by atoms with Crippen molar-refractivity contribution in [1.29, 1.82) is 5.26 Å². The first-order valence-corrected chi connectivity index (χ1v) is 13.7. The minimum Gasteiger partial charge on any atom is -0.344 e. The highest BCUT2D eigenvalue weighted by Crippen LogP contribution is 2.49. The number of nitrogens with one attached hydrogen (secondary N) is 2. The van der Waals surface area contributed by atoms with E-state index in [2.05, 4.69) is 43.5 Å². The summed E-state index contributed by atoms with van der Waals surface area (Å²) in [6.07, 6.45) is 3.90. The van der Waals surface area contributed by atoms with E-state index in [0.717, 1.165) is 41.7 Å². The third kappa shape index (κ3) is 4.21. The predicted octanol–water partition coefficient (Wildman–Crippen LogP) is 1.95. The molecular formula is C24H28N8O2S2. The number of aromatic amines is 1. The molecular weight excluding hydrogens is 496 g/mol. The lowest BCUT2D eigenvalue weighted by Gasteiger charge is -2.31. The highest BCUT2D eigenvalue weighted by Gasteiger charge is 2.46. The summed E-state index contributed by atoms with van der Waals surface area (Å²) < 4.78 is 0. The summed E-state index contributed by atoms with van der Waals surface area (Å²) in [4.78, 5) is 32.0. The van der Waals surface area contributed by atoms with E-state index in [4.69, 9.17) is 0 Å². The van der Waals surface area contributed by atoms with Gasteiger partial charge in [-0.15, -0.1) is 32.9 Å². The van der Waals surface area contributed by atoms with Crippen LogP contribution in [0.4, 0.5) is 0 Å². The lowest BCUT2D eigenvalue weighted by atomic mass is 9.72. The van der Waals surface area contributed by atoms with Crippen LogP contribution in [0.3, 0.4) is 0 Å². The van der Waals surface area contributed by atoms with Crippen molar-refractivity contribution < 1.29 is 9.59 Å². The lowest BCUT2D eigenvalue weighted by Crippen LogP contribution is -2.42. The molecule has 0 bridgehead atoms. The number of thiophene rings is 2. The fourth-order valence-corrected chi connectivity index (χ4v) is 7.54. The molecule has 2 amide bonds. The number of aryl methyl sites for hydroxylation is 2. The van der Waals surface area contributed by atoms with Crippen LogP contribution in [0, 0.1) is 11.3 Å². The predicted molar refractivity (Wildman–Crippen MR) is 136 cm³/mol. The Balaban J connectivity index is 1.47. The van der Waals surface area contributed by atoms with Crippen molar-refractivity contribution in [3.63, 3.8) is 0 Å². The van der Waals surface area contributed by atoms with E-state index in [-0.39, 0.29) is 24.4 Å². The van der Waals surface area contributed by atoms with Crippen molar-refractivity contribution >= 4 is 34.5 Å². The highest BCUT2D eigenvalue weighted by atomic mass is 32.1. The van der Waals surface area contributed by atoms with Crippen LogP contribution in [0.1, 0.15) is 55.6 Å². The zero-order chi connectivity index (χ0) is 25.3. The number of tetrazole rings is 1. The van der Waals surface area contributed by atoms with Crippen LogP contribution in [0.5, 0.6) is 0 Å². The van der Waals surface area contributed by atoms with Crippen LogP contribution in [-0.2, 0) is 23.1 Å². The first-order chi connectivity index (χ1) is 17.5. The number of rotatable bonds is 7. The Morgan fingerprint density at radius 3 is 2.92 bits per heavy atom. The average Bonchev–Trinajstić information content (AvgIpc) is 3.68. The lowest BCUT2D eigenvalue weighted by molar-refractivity contribution is -0.130. The molecule has 3 aromatic heterocycles. The molecule has 2 N–H and O–H groups in total. The van der Waals surface area contributed by atoms with E-state index in [0.29, 0.717) is 30.2 Å². The van der Waals surface area contributed by atoms with Gasteiger partial charge in [0, 0.05) is 30.4 Å². The largest absolute Gasteiger partial charge is 0.344 e. The van der Waals surface area contributed by atoms with Gasteiger partial charge in [-0.2, -0.15) is 10.5 Å². The van der Waals surface area contributed by atoms with Crippen LogP contribution in [0.25, 0.3) is 0 Å². The van der Waals surface area contributed by atoms with Crippen molar-refractivity contribution in [3.05, 3.63) is 49.1 Å². The molecule has 12 heteroatoms. The first-order valence-electron chi connectivity index (χ1n) is 12.0. The molecule has 4 heterocycles. The van der Waals surface area contributed by atoms with Gasteiger partial charge in [-0.25, -0.2) is 0 Å². The number of amides is 2. The van der Waals surface area contributed by atoms with Gasteiger partial charge in [-0.1, -0.05) is 5.21 Å². The first kappa shape index (κ1) is 24.5. The molecule has 36 heavy (non-hydrogen) atoms. The van der Waals surface area contributed by atoms with Gasteiger partial charge in [0.1, 0.15) is 6.04 Å². The van der Waals surface area contributed by atoms with E-state index in [1.54, 1.807) is 35.2 Å². The topological polar surface area (TPSA) is 131 Å². The van der Waals surface area contributed by atoms with Gasteiger partial charge in [-0.3, -0.25) is 9.59 Å². The third-order valence-corrected chi connectivity index (χ3v) is 9.24. The number of carbonyl (C=O) groups excluding carboxylic acids is 2. The molecule has 1 saturated heterocycles. The van der Waals surface area contributed by atoms with Gasteiger partial charge in [0.05, 0.1) is 22.9 Å². The Morgan fingerprint density at radius 2 is 2.17 bits per heavy atom. The van der Waals surface area contributed by atoms with Crippen LogP contribution >= 0.6 is 22.7 Å². The van der Waals surface area contributed by atoms with E-state index < -0.39 is 5.41 Å². The van der Waals surface area contributed by atoms with Crippen molar-refractivity contribution in [1.82, 2.24) is 35.7 Å². The van der Waals surface area contributed by atoms with Gasteiger partial charge in [-0.05, 0) is 67.3 Å². The molecule has 0 aromatic carbocycles. The van der Waals surface area contributed by atoms with Crippen LogP contribution < -0.4 is 5.32 Å². The number of nitriles is 1. The Bertz CT molecular complexity index is 1290. The summed E-state index contributed by atoms with van der Waals surface area (Å²) in [6, 6.07) is 6.02. The zero-order valence-electron chi connectivity index (χ0n) is 20.3. The number of fused-ring (bicyclic) bond motifs is 2. The zero-order valence-corrected chi connectivity index (χ0v) is 21.9. The maximum Gasteiger partial charge on any atom is 0.263 e. The second-order valence-electron chi connectivity index (χ2n) is 9.35. The molecule has 0 radical (unpaired) electrons. The number of hydrogen-bond donors (Lipinski definition) is 2. The summed E-state index contributed by atoms with van der Waals surface area (Å²) in [5, 5.41) is 30.1. The molecule has 1 aliphatic heterocycles. The fraction of sp³-hybridized carbons (Fsp3) is 0.500. The summed E-state index contributed by atoms with van der Waals surface area (Å²) in [5.74, 6) is 0.478. The van der Waals surface area contributed by atoms with Crippen molar-refractivity contribution in [3.8, 4) is 6.07 Å². The van der Waals surface area contributed by atoms with Crippen LogP contribution in [0.15, 0.2) is 17.5 Å². The smallest absolute Gasteiger partial charge is 0.263 e. The summed E-state index contributed by atoms with van der Waals surface area (Å²) >= 11 is 3.26. The van der Waals surface area contributed by atoms with E-state index in [9.17, 15) is 14.9 Å². The maximum atomic E-state index is 12.9. The average molecular weight is 525 g/mol. The number of nitrogens with zero attached hydrogens (tertiary/aromatic N) is 6. The summed E-state index contributed by atoms with van der Waals surface area (Å²) in [6.45, 7) is 1.31. The van der Waals surface area contributed by atoms with Crippen molar-refractivity contribution in [2.24, 2.45) is 0 Å². The number of aromatic nitrogens is 4. The van der Waals surface area contributed by atoms with Gasteiger partial charge in [0.15, 0.2) is 5.82 Å². The molecule has 0 saturated carbocycles. The molecule has 2 atom stereocenters. The Morgan fingerprint density at radius 1 is 1.33 bits per heavy atom. The molecule has 1 unspecified atom stereocenters. The highest BCUT2D eigenvalue weighted by molar-refractivity contribution is 7.14. The standard InChI is InChI=1S/C24H28N8O2S2/c1-31(2)22(34)20-12-17-19(36-20)6-5-18-16(7-11-35-18)24(17,23-27-29-30-28-23)8-9-26-14-21(33)32-10-3-4-15(32)13-25/h7,11-12,15,26H,3-6,8-10,14H2,1-2H3,(H,27,28,29,30)/t15-,24?/m0/s1. The quantitative estimate of drug-likeness (QED) is 0.452. The molecule has 1 aliphatic carbocycles. The van der Waals surface area contributed by atoms with Crippen molar-refractivity contribution in [2.45, 2.75) is 43.6 Å². The summed E-state index contributed by atoms with van der Waals surface area (Å²) in [5.41, 5.74) is 1.47. The SMILES string of the molecule is CN(C)C(=O)c1cc2c(s1)CCc1sccc1C2(CCNCC(=O)N1CCC[C@H]1C#N)c1nn[nH]n1.